The van der Waals surface area contributed by atoms with Gasteiger partial charge in [-0.05, 0) is 28.1 Å². The number of nitrogens with zero attached hydrogens (tertiary/aromatic N) is 2. The van der Waals surface area contributed by atoms with Crippen molar-refractivity contribution in [3.8, 4) is 18.0 Å². The molecule has 0 bridgehead atoms. The van der Waals surface area contributed by atoms with E-state index in [1.54, 1.807) is 0 Å². The number of hydrogen-bond donors (Lipinski definition) is 0. The van der Waals surface area contributed by atoms with Crippen molar-refractivity contribution in [2.24, 2.45) is 0 Å². The zero-order valence-electron chi connectivity index (χ0n) is 11.7. The third kappa shape index (κ3) is 3.24. The van der Waals surface area contributed by atoms with Crippen LogP contribution in [0, 0.1) is 12.3 Å². The molecule has 0 atom stereocenters. The van der Waals surface area contributed by atoms with Crippen LogP contribution in [-0.4, -0.2) is 22.9 Å². The summed E-state index contributed by atoms with van der Waals surface area (Å²) in [6.07, 6.45) is 0.720. The molecule has 0 radical (unpaired) electrons. The maximum Gasteiger partial charge on any atom is 0.416 e. The fourth-order valence-corrected chi connectivity index (χ4v) is 3.05. The summed E-state index contributed by atoms with van der Waals surface area (Å²) in [5.41, 5.74) is -1.24. The fraction of sp³-hybridized carbons (Fsp3) is 0.143. The lowest BCUT2D eigenvalue weighted by molar-refractivity contribution is -0.137. The van der Waals surface area contributed by atoms with Gasteiger partial charge in [0.1, 0.15) is 10.3 Å². The Balaban J connectivity index is 2.72. The van der Waals surface area contributed by atoms with Crippen LogP contribution in [0.4, 0.5) is 13.2 Å². The lowest BCUT2D eigenvalue weighted by Crippen LogP contribution is -2.08. The van der Waals surface area contributed by atoms with E-state index in [0.717, 1.165) is 11.8 Å². The number of benzene rings is 1. The van der Waals surface area contributed by atoms with Gasteiger partial charge in [0, 0.05) is 0 Å². The summed E-state index contributed by atoms with van der Waals surface area (Å²) in [7, 11) is 1.13. The van der Waals surface area contributed by atoms with Crippen molar-refractivity contribution >= 4 is 45.1 Å². The van der Waals surface area contributed by atoms with E-state index in [-0.39, 0.29) is 31.6 Å². The van der Waals surface area contributed by atoms with E-state index in [2.05, 4.69) is 31.7 Å². The van der Waals surface area contributed by atoms with Crippen molar-refractivity contribution in [1.82, 2.24) is 9.78 Å². The Morgan fingerprint density at radius 2 is 1.92 bits per heavy atom. The summed E-state index contributed by atoms with van der Waals surface area (Å²) in [5, 5.41) is 3.30. The molecular formula is C14H6BrCl2F3N2O2. The maximum absolute atomic E-state index is 12.8. The Morgan fingerprint density at radius 1 is 1.38 bits per heavy atom. The van der Waals surface area contributed by atoms with Crippen LogP contribution < -0.4 is 0 Å². The van der Waals surface area contributed by atoms with Gasteiger partial charge in [0.25, 0.3) is 0 Å². The number of rotatable bonds is 2. The first-order chi connectivity index (χ1) is 11.1. The molecule has 0 saturated carbocycles. The van der Waals surface area contributed by atoms with Gasteiger partial charge in [0.2, 0.25) is 0 Å². The first-order valence-electron chi connectivity index (χ1n) is 6.01. The van der Waals surface area contributed by atoms with Gasteiger partial charge in [-0.2, -0.15) is 18.3 Å². The maximum atomic E-state index is 12.8. The summed E-state index contributed by atoms with van der Waals surface area (Å²) in [5.74, 6) is 1.43. The van der Waals surface area contributed by atoms with Crippen LogP contribution in [0.3, 0.4) is 0 Å². The van der Waals surface area contributed by atoms with Crippen molar-refractivity contribution in [2.75, 3.05) is 7.11 Å². The number of ether oxygens (including phenoxy) is 1. The Morgan fingerprint density at radius 3 is 2.33 bits per heavy atom. The van der Waals surface area contributed by atoms with Crippen LogP contribution >= 0.6 is 39.1 Å². The third-order valence-corrected chi connectivity index (χ3v) is 4.22. The minimum Gasteiger partial charge on any atom is -0.464 e. The second kappa shape index (κ2) is 6.67. The number of halogens is 6. The number of esters is 1. The molecule has 0 aliphatic heterocycles. The standard InChI is InChI=1S/C14H6BrCl2F3N2O2/c1-3-7-10(13(23)24-2)21-22(12(7)15)11-8(16)4-6(5-9(11)17)14(18,19)20/h1,4-5H,2H3. The number of terminal acetylenes is 1. The second-order valence-corrected chi connectivity index (χ2v) is 5.91. The van der Waals surface area contributed by atoms with Crippen LogP contribution in [0.15, 0.2) is 16.7 Å². The zero-order valence-corrected chi connectivity index (χ0v) is 14.8. The molecule has 0 saturated heterocycles. The van der Waals surface area contributed by atoms with E-state index in [9.17, 15) is 18.0 Å². The number of methoxy groups -OCH3 is 1. The highest BCUT2D eigenvalue weighted by molar-refractivity contribution is 9.10. The molecule has 0 spiro atoms. The first kappa shape index (κ1) is 18.6. The van der Waals surface area contributed by atoms with E-state index >= 15 is 0 Å². The van der Waals surface area contributed by atoms with Crippen LogP contribution in [0.1, 0.15) is 21.6 Å². The molecule has 126 valence electrons. The molecule has 4 nitrogen and oxygen atoms in total. The molecule has 0 amide bonds. The van der Waals surface area contributed by atoms with Gasteiger partial charge in [-0.1, -0.05) is 29.1 Å². The zero-order chi connectivity index (χ0) is 18.2. The van der Waals surface area contributed by atoms with Gasteiger partial charge in [0.15, 0.2) is 5.69 Å². The van der Waals surface area contributed by atoms with Gasteiger partial charge in [-0.3, -0.25) is 0 Å². The Hall–Kier alpha value is -1.69. The quantitative estimate of drug-likeness (QED) is 0.500. The average molecular weight is 442 g/mol. The van der Waals surface area contributed by atoms with Crippen molar-refractivity contribution in [2.45, 2.75) is 6.18 Å². The molecule has 0 fully saturated rings. The summed E-state index contributed by atoms with van der Waals surface area (Å²) in [4.78, 5) is 11.7. The van der Waals surface area contributed by atoms with Crippen LogP contribution in [0.2, 0.25) is 10.0 Å². The third-order valence-electron chi connectivity index (χ3n) is 2.91. The Bertz CT molecular complexity index is 849. The van der Waals surface area contributed by atoms with Crippen molar-refractivity contribution in [3.63, 3.8) is 0 Å². The van der Waals surface area contributed by atoms with Gasteiger partial charge in [-0.25, -0.2) is 9.48 Å². The highest BCUT2D eigenvalue weighted by Crippen LogP contribution is 2.39. The second-order valence-electron chi connectivity index (χ2n) is 4.35. The minimum atomic E-state index is -4.62. The van der Waals surface area contributed by atoms with Gasteiger partial charge in [-0.15, -0.1) is 6.42 Å². The fourth-order valence-electron chi connectivity index (χ4n) is 1.84. The molecule has 0 aliphatic carbocycles. The van der Waals surface area contributed by atoms with Crippen LogP contribution in [0.25, 0.3) is 5.69 Å². The largest absolute Gasteiger partial charge is 0.464 e. The molecular weight excluding hydrogens is 436 g/mol. The number of aromatic nitrogens is 2. The van der Waals surface area contributed by atoms with Gasteiger partial charge >= 0.3 is 12.1 Å². The van der Waals surface area contributed by atoms with Gasteiger partial charge < -0.3 is 4.74 Å². The number of carbonyl (C=O) groups excluding carboxylic acids is 1. The molecule has 1 aromatic carbocycles. The Labute approximate surface area is 152 Å². The molecule has 1 aromatic heterocycles. The normalized spacial score (nSPS) is 11.2. The molecule has 1 heterocycles. The van der Waals surface area contributed by atoms with Crippen LogP contribution in [0.5, 0.6) is 0 Å². The molecule has 10 heteroatoms. The summed E-state index contributed by atoms with van der Waals surface area (Å²) < 4.78 is 44.1. The lowest BCUT2D eigenvalue weighted by Gasteiger charge is -2.13. The van der Waals surface area contributed by atoms with Crippen molar-refractivity contribution < 1.29 is 22.7 Å². The molecule has 2 aromatic rings. The summed E-state index contributed by atoms with van der Waals surface area (Å²) >= 11 is 15.0. The summed E-state index contributed by atoms with van der Waals surface area (Å²) in [6, 6.07) is 1.40. The molecule has 24 heavy (non-hydrogen) atoms. The predicted molar refractivity (Wildman–Crippen MR) is 85.6 cm³/mol. The SMILES string of the molecule is C#Cc1c(C(=O)OC)nn(-c2c(Cl)cc(C(F)(F)F)cc2Cl)c1Br. The molecule has 0 N–H and O–H groups in total. The number of alkyl halides is 3. The van der Waals surface area contributed by atoms with E-state index in [4.69, 9.17) is 29.6 Å². The van der Waals surface area contributed by atoms with Gasteiger partial charge in [0.05, 0.1) is 28.3 Å². The highest BCUT2D eigenvalue weighted by atomic mass is 79.9. The first-order valence-corrected chi connectivity index (χ1v) is 7.56. The minimum absolute atomic E-state index is 0.0499. The van der Waals surface area contributed by atoms with E-state index < -0.39 is 17.7 Å². The summed E-state index contributed by atoms with van der Waals surface area (Å²) in [6.45, 7) is 0. The number of carbonyl (C=O) groups is 1. The molecule has 0 aliphatic rings. The number of hydrogen-bond acceptors (Lipinski definition) is 3. The van der Waals surface area contributed by atoms with E-state index in [1.807, 2.05) is 0 Å². The lowest BCUT2D eigenvalue weighted by atomic mass is 10.2. The van der Waals surface area contributed by atoms with Crippen molar-refractivity contribution in [3.05, 3.63) is 43.6 Å². The highest BCUT2D eigenvalue weighted by Gasteiger charge is 2.33. The Kier molecular flexibility index (Phi) is 5.18. The monoisotopic (exact) mass is 440 g/mol. The smallest absolute Gasteiger partial charge is 0.416 e. The van der Waals surface area contributed by atoms with E-state index in [0.29, 0.717) is 12.1 Å². The predicted octanol–water partition coefficient (Wildman–Crippen LogP) is 4.73. The van der Waals surface area contributed by atoms with Crippen LogP contribution in [-0.2, 0) is 10.9 Å². The molecule has 2 rings (SSSR count). The van der Waals surface area contributed by atoms with E-state index in [1.165, 1.54) is 0 Å². The topological polar surface area (TPSA) is 44.1 Å². The average Bonchev–Trinajstić information content (AvgIpc) is 2.81. The van der Waals surface area contributed by atoms with Crippen molar-refractivity contribution in [1.29, 1.82) is 0 Å². The molecule has 0 unspecified atom stereocenters.